The molecule has 2 rings (SSSR count). The van der Waals surface area contributed by atoms with Crippen LogP contribution in [0.15, 0.2) is 78.0 Å². The highest BCUT2D eigenvalue weighted by Crippen LogP contribution is 2.33. The number of carbonyl (C=O) groups is 2. The quantitative estimate of drug-likeness (QED) is 0.0309. The summed E-state index contributed by atoms with van der Waals surface area (Å²) in [6.07, 6.45) is 3.41. The average molecular weight is 786 g/mol. The van der Waals surface area contributed by atoms with Crippen LogP contribution >= 0.6 is 45.2 Å². The number of nitrogens with two attached hydrogens (primary N) is 2. The zero-order valence-electron chi connectivity index (χ0n) is 23.2. The van der Waals surface area contributed by atoms with Crippen LogP contribution in [-0.4, -0.2) is 39.2 Å². The molecule has 0 aliphatic carbocycles. The van der Waals surface area contributed by atoms with Gasteiger partial charge in [-0.25, -0.2) is 0 Å². The monoisotopic (exact) mass is 786 g/mol. The molecule has 0 radical (unpaired) electrons. The van der Waals surface area contributed by atoms with Gasteiger partial charge in [-0.2, -0.15) is 0 Å². The standard InChI is InChI=1S/C29H36I2N6O4/c1-5-40-25-14-20(9-13-24(25)41-17(2)3)26(35-23-11-7-19(8-12-23)27(33)34)29(39)37-36-28(38)18(4)21(15-30)6-10-22(32)16-31/h6-14,17,26,35H,4-5,15-16,32H2,1-3H3,(H3,33,34)(H,36,38)(H,37,39)/b21-6-,22-10-. The van der Waals surface area contributed by atoms with Crippen molar-refractivity contribution >= 4 is 68.5 Å². The number of rotatable bonds is 14. The second-order valence-electron chi connectivity index (χ2n) is 9.00. The van der Waals surface area contributed by atoms with Crippen molar-refractivity contribution in [2.75, 3.05) is 20.8 Å². The molecular weight excluding hydrogens is 750 g/mol. The van der Waals surface area contributed by atoms with E-state index in [2.05, 4.69) is 67.9 Å². The minimum atomic E-state index is -0.940. The smallest absolute Gasteiger partial charge is 0.269 e. The van der Waals surface area contributed by atoms with Gasteiger partial charge in [0, 0.05) is 31.4 Å². The predicted octanol–water partition coefficient (Wildman–Crippen LogP) is 4.65. The Morgan fingerprint density at radius 3 is 2.27 bits per heavy atom. The molecule has 0 aliphatic rings. The van der Waals surface area contributed by atoms with Crippen LogP contribution in [0.25, 0.3) is 0 Å². The van der Waals surface area contributed by atoms with Crippen molar-refractivity contribution in [1.29, 1.82) is 5.41 Å². The van der Waals surface area contributed by atoms with E-state index < -0.39 is 17.9 Å². The Bertz CT molecular complexity index is 1310. The van der Waals surface area contributed by atoms with Crippen LogP contribution in [0.1, 0.15) is 37.9 Å². The van der Waals surface area contributed by atoms with Gasteiger partial charge < -0.3 is 26.3 Å². The van der Waals surface area contributed by atoms with E-state index in [0.717, 1.165) is 0 Å². The summed E-state index contributed by atoms with van der Waals surface area (Å²) in [7, 11) is 0. The number of halogens is 2. The molecule has 0 aromatic heterocycles. The van der Waals surface area contributed by atoms with E-state index in [4.69, 9.17) is 26.4 Å². The lowest BCUT2D eigenvalue weighted by atomic mass is 10.0. The summed E-state index contributed by atoms with van der Waals surface area (Å²) in [6, 6.07) is 11.1. The molecule has 220 valence electrons. The second-order valence-corrected chi connectivity index (χ2v) is 10.5. The number of hydrazine groups is 1. The summed E-state index contributed by atoms with van der Waals surface area (Å²) in [6.45, 7) is 9.97. The lowest BCUT2D eigenvalue weighted by Gasteiger charge is -2.22. The fourth-order valence-electron chi connectivity index (χ4n) is 3.43. The Balaban J connectivity index is 2.35. The number of hydrogen-bond donors (Lipinski definition) is 6. The molecule has 0 aliphatic heterocycles. The summed E-state index contributed by atoms with van der Waals surface area (Å²) >= 11 is 4.28. The summed E-state index contributed by atoms with van der Waals surface area (Å²) in [5, 5.41) is 10.8. The Morgan fingerprint density at radius 1 is 1.02 bits per heavy atom. The number of amides is 2. The lowest BCUT2D eigenvalue weighted by Crippen LogP contribution is -2.46. The van der Waals surface area contributed by atoms with Gasteiger partial charge in [-0.3, -0.25) is 25.8 Å². The van der Waals surface area contributed by atoms with Crippen LogP contribution in [-0.2, 0) is 9.59 Å². The van der Waals surface area contributed by atoms with E-state index in [1.165, 1.54) is 0 Å². The summed E-state index contributed by atoms with van der Waals surface area (Å²) in [4.78, 5) is 26.3. The van der Waals surface area contributed by atoms with E-state index in [0.29, 0.717) is 55.0 Å². The van der Waals surface area contributed by atoms with Crippen molar-refractivity contribution in [2.24, 2.45) is 11.5 Å². The molecule has 8 N–H and O–H groups in total. The normalized spacial score (nSPS) is 12.3. The number of ether oxygens (including phenoxy) is 2. The number of amidine groups is 1. The van der Waals surface area contributed by atoms with Gasteiger partial charge in [-0.1, -0.05) is 63.9 Å². The number of nitrogen functional groups attached to an aromatic ring is 1. The van der Waals surface area contributed by atoms with Crippen molar-refractivity contribution in [3.8, 4) is 11.5 Å². The lowest BCUT2D eigenvalue weighted by molar-refractivity contribution is -0.127. The molecule has 2 aromatic carbocycles. The molecule has 0 heterocycles. The molecule has 0 spiro atoms. The van der Waals surface area contributed by atoms with Crippen LogP contribution in [0.5, 0.6) is 11.5 Å². The molecule has 1 unspecified atom stereocenters. The molecule has 41 heavy (non-hydrogen) atoms. The average Bonchev–Trinajstić information content (AvgIpc) is 2.95. The summed E-state index contributed by atoms with van der Waals surface area (Å²) in [5.41, 5.74) is 19.7. The number of anilines is 1. The molecular formula is C29H36I2N6O4. The Hall–Kier alpha value is -3.27. The second kappa shape index (κ2) is 16.9. The van der Waals surface area contributed by atoms with Crippen molar-refractivity contribution in [1.82, 2.24) is 10.9 Å². The largest absolute Gasteiger partial charge is 0.490 e. The minimum absolute atomic E-state index is 0.0664. The van der Waals surface area contributed by atoms with E-state index in [9.17, 15) is 9.59 Å². The Morgan fingerprint density at radius 2 is 1.71 bits per heavy atom. The van der Waals surface area contributed by atoms with Crippen molar-refractivity contribution in [2.45, 2.75) is 32.9 Å². The number of hydrogen-bond acceptors (Lipinski definition) is 7. The third-order valence-corrected chi connectivity index (χ3v) is 7.19. The molecule has 12 heteroatoms. The molecule has 0 fully saturated rings. The van der Waals surface area contributed by atoms with Crippen LogP contribution in [0.4, 0.5) is 5.69 Å². The maximum absolute atomic E-state index is 13.5. The summed E-state index contributed by atoms with van der Waals surface area (Å²) in [5.74, 6) is -0.115. The summed E-state index contributed by atoms with van der Waals surface area (Å²) < 4.78 is 12.8. The molecule has 1 atom stereocenters. The van der Waals surface area contributed by atoms with Crippen molar-refractivity contribution in [3.63, 3.8) is 0 Å². The minimum Gasteiger partial charge on any atom is -0.490 e. The zero-order chi connectivity index (χ0) is 30.5. The number of nitrogens with one attached hydrogen (secondary N) is 4. The van der Waals surface area contributed by atoms with Gasteiger partial charge in [0.15, 0.2) is 11.5 Å². The number of alkyl halides is 2. The fourth-order valence-corrected chi connectivity index (χ4v) is 4.40. The molecule has 0 bridgehead atoms. The van der Waals surface area contributed by atoms with Crippen LogP contribution in [0.3, 0.4) is 0 Å². The van der Waals surface area contributed by atoms with Gasteiger partial charge in [0.2, 0.25) is 0 Å². The first-order chi connectivity index (χ1) is 19.5. The number of benzene rings is 2. The van der Waals surface area contributed by atoms with Gasteiger partial charge in [0.25, 0.3) is 11.8 Å². The first-order valence-electron chi connectivity index (χ1n) is 12.7. The van der Waals surface area contributed by atoms with Crippen LogP contribution < -0.4 is 37.1 Å². The molecule has 0 saturated heterocycles. The van der Waals surface area contributed by atoms with E-state index in [1.807, 2.05) is 20.8 Å². The van der Waals surface area contributed by atoms with Crippen LogP contribution in [0.2, 0.25) is 0 Å². The fraction of sp³-hybridized carbons (Fsp3) is 0.276. The third-order valence-electron chi connectivity index (χ3n) is 5.49. The first-order valence-corrected chi connectivity index (χ1v) is 15.8. The van der Waals surface area contributed by atoms with E-state index in [1.54, 1.807) is 54.6 Å². The first kappa shape index (κ1) is 33.9. The van der Waals surface area contributed by atoms with Crippen molar-refractivity contribution < 1.29 is 19.1 Å². The number of carbonyl (C=O) groups excluding carboxylic acids is 2. The SMILES string of the molecule is C=C(C(=O)NNC(=O)C(Nc1ccc(C(=N)N)cc1)c1ccc(OC(C)C)c(OCC)c1)/C(=C\C=C(/N)CI)CI. The van der Waals surface area contributed by atoms with Gasteiger partial charge in [0.1, 0.15) is 11.9 Å². The van der Waals surface area contributed by atoms with Gasteiger partial charge in [0.05, 0.1) is 12.7 Å². The van der Waals surface area contributed by atoms with E-state index in [-0.39, 0.29) is 17.5 Å². The van der Waals surface area contributed by atoms with Gasteiger partial charge in [-0.15, -0.1) is 0 Å². The number of allylic oxidation sites excluding steroid dienone is 3. The van der Waals surface area contributed by atoms with Gasteiger partial charge in [-0.05, 0) is 74.4 Å². The van der Waals surface area contributed by atoms with Gasteiger partial charge >= 0.3 is 0 Å². The Kier molecular flexibility index (Phi) is 14.0. The zero-order valence-corrected chi connectivity index (χ0v) is 27.5. The maximum atomic E-state index is 13.5. The third kappa shape index (κ3) is 10.6. The molecule has 10 nitrogen and oxygen atoms in total. The Labute approximate surface area is 268 Å². The molecule has 2 amide bonds. The highest BCUT2D eigenvalue weighted by molar-refractivity contribution is 14.1. The van der Waals surface area contributed by atoms with E-state index >= 15 is 0 Å². The highest BCUT2D eigenvalue weighted by Gasteiger charge is 2.24. The predicted molar refractivity (Wildman–Crippen MR) is 181 cm³/mol. The van der Waals surface area contributed by atoms with Crippen LogP contribution in [0, 0.1) is 5.41 Å². The topological polar surface area (TPSA) is 165 Å². The highest BCUT2D eigenvalue weighted by atomic mass is 127. The molecule has 0 saturated carbocycles. The molecule has 2 aromatic rings. The maximum Gasteiger partial charge on any atom is 0.269 e. The van der Waals surface area contributed by atoms with Crippen molar-refractivity contribution in [3.05, 3.63) is 89.2 Å².